The van der Waals surface area contributed by atoms with Gasteiger partial charge in [-0.05, 0) is 49.7 Å². The van der Waals surface area contributed by atoms with Crippen LogP contribution in [0, 0.1) is 5.82 Å². The van der Waals surface area contributed by atoms with E-state index in [0.29, 0.717) is 18.2 Å². The van der Waals surface area contributed by atoms with Crippen LogP contribution in [-0.2, 0) is 12.7 Å². The molecule has 0 saturated carbocycles. The minimum Gasteiger partial charge on any atom is -0.299 e. The molecule has 1 fully saturated rings. The molecule has 1 aromatic carbocycles. The molecule has 1 nitrogen and oxygen atoms in total. The Labute approximate surface area is 110 Å². The van der Waals surface area contributed by atoms with E-state index in [4.69, 9.17) is 0 Å². The molecule has 0 amide bonds. The maximum absolute atomic E-state index is 13.3. The normalized spacial score (nSPS) is 18.3. The fourth-order valence-corrected chi connectivity index (χ4v) is 2.46. The molecule has 0 aromatic heterocycles. The monoisotopic (exact) mass is 275 g/mol. The lowest BCUT2D eigenvalue weighted by Gasteiger charge is -2.20. The Morgan fingerprint density at radius 3 is 2.16 bits per heavy atom. The largest absolute Gasteiger partial charge is 0.416 e. The van der Waals surface area contributed by atoms with Crippen LogP contribution in [0.25, 0.3) is 0 Å². The molecule has 1 aliphatic rings. The summed E-state index contributed by atoms with van der Waals surface area (Å²) < 4.78 is 51.1. The number of benzene rings is 1. The van der Waals surface area contributed by atoms with E-state index >= 15 is 0 Å². The lowest BCUT2D eigenvalue weighted by molar-refractivity contribution is -0.137. The van der Waals surface area contributed by atoms with Gasteiger partial charge in [0.2, 0.25) is 0 Å². The van der Waals surface area contributed by atoms with Gasteiger partial charge in [-0.25, -0.2) is 4.39 Å². The van der Waals surface area contributed by atoms with E-state index < -0.39 is 17.6 Å². The van der Waals surface area contributed by atoms with Gasteiger partial charge in [0.25, 0.3) is 0 Å². The molecule has 0 spiro atoms. The van der Waals surface area contributed by atoms with Crippen molar-refractivity contribution in [1.29, 1.82) is 0 Å². The minimum atomic E-state index is -4.49. The molecular formula is C14H17F4N. The van der Waals surface area contributed by atoms with Gasteiger partial charge in [0.05, 0.1) is 5.56 Å². The third-order valence-corrected chi connectivity index (χ3v) is 3.39. The van der Waals surface area contributed by atoms with E-state index in [2.05, 4.69) is 4.90 Å². The third kappa shape index (κ3) is 4.20. The number of likely N-dealkylation sites (tertiary alicyclic amines) is 1. The smallest absolute Gasteiger partial charge is 0.299 e. The SMILES string of the molecule is Fc1cc(CN2CCCCCC2)cc(C(F)(F)F)c1. The lowest BCUT2D eigenvalue weighted by Crippen LogP contribution is -2.24. The summed E-state index contributed by atoms with van der Waals surface area (Å²) in [7, 11) is 0. The van der Waals surface area contributed by atoms with Gasteiger partial charge in [-0.1, -0.05) is 12.8 Å². The number of hydrogen-bond donors (Lipinski definition) is 0. The number of nitrogens with zero attached hydrogens (tertiary/aromatic N) is 1. The van der Waals surface area contributed by atoms with E-state index in [1.54, 1.807) is 0 Å². The molecule has 1 aromatic rings. The Balaban J connectivity index is 2.13. The van der Waals surface area contributed by atoms with Crippen molar-refractivity contribution in [3.63, 3.8) is 0 Å². The van der Waals surface area contributed by atoms with E-state index in [-0.39, 0.29) is 0 Å². The van der Waals surface area contributed by atoms with Gasteiger partial charge in [-0.15, -0.1) is 0 Å². The van der Waals surface area contributed by atoms with Crippen molar-refractivity contribution in [2.24, 2.45) is 0 Å². The Hall–Kier alpha value is -1.10. The lowest BCUT2D eigenvalue weighted by atomic mass is 10.1. The molecule has 19 heavy (non-hydrogen) atoms. The second-order valence-corrected chi connectivity index (χ2v) is 5.04. The highest BCUT2D eigenvalue weighted by Crippen LogP contribution is 2.30. The first-order chi connectivity index (χ1) is 8.95. The second-order valence-electron chi connectivity index (χ2n) is 5.04. The second kappa shape index (κ2) is 5.90. The van der Waals surface area contributed by atoms with Crippen molar-refractivity contribution in [3.8, 4) is 0 Å². The summed E-state index contributed by atoms with van der Waals surface area (Å²) >= 11 is 0. The first kappa shape index (κ1) is 14.3. The van der Waals surface area contributed by atoms with Gasteiger partial charge in [-0.3, -0.25) is 4.90 Å². The fourth-order valence-electron chi connectivity index (χ4n) is 2.46. The van der Waals surface area contributed by atoms with E-state index in [9.17, 15) is 17.6 Å². The molecule has 0 atom stereocenters. The maximum atomic E-state index is 13.3. The summed E-state index contributed by atoms with van der Waals surface area (Å²) in [6, 6.07) is 2.79. The van der Waals surface area contributed by atoms with Crippen molar-refractivity contribution >= 4 is 0 Å². The van der Waals surface area contributed by atoms with E-state index in [1.807, 2.05) is 0 Å². The summed E-state index contributed by atoms with van der Waals surface area (Å²) in [5, 5.41) is 0. The molecule has 0 radical (unpaired) electrons. The van der Waals surface area contributed by atoms with Crippen LogP contribution in [0.5, 0.6) is 0 Å². The van der Waals surface area contributed by atoms with Crippen LogP contribution in [0.15, 0.2) is 18.2 Å². The summed E-state index contributed by atoms with van der Waals surface area (Å²) in [5.41, 5.74) is -0.508. The first-order valence-corrected chi connectivity index (χ1v) is 6.54. The number of rotatable bonds is 2. The van der Waals surface area contributed by atoms with E-state index in [1.165, 1.54) is 6.07 Å². The van der Waals surface area contributed by atoms with Gasteiger partial charge >= 0.3 is 6.18 Å². The average Bonchev–Trinajstić information content (AvgIpc) is 2.55. The van der Waals surface area contributed by atoms with Gasteiger partial charge in [0.15, 0.2) is 0 Å². The topological polar surface area (TPSA) is 3.24 Å². The summed E-state index contributed by atoms with van der Waals surface area (Å²) in [5.74, 6) is -0.820. The van der Waals surface area contributed by atoms with Crippen molar-refractivity contribution < 1.29 is 17.6 Å². The summed E-state index contributed by atoms with van der Waals surface area (Å²) in [6.07, 6.45) is -0.0561. The predicted octanol–water partition coefficient (Wildman–Crippen LogP) is 4.22. The zero-order valence-electron chi connectivity index (χ0n) is 10.6. The highest BCUT2D eigenvalue weighted by Gasteiger charge is 2.31. The minimum absolute atomic E-state index is 0.390. The Morgan fingerprint density at radius 2 is 1.58 bits per heavy atom. The molecule has 0 N–H and O–H groups in total. The zero-order chi connectivity index (χ0) is 13.9. The fraction of sp³-hybridized carbons (Fsp3) is 0.571. The molecule has 5 heteroatoms. The van der Waals surface area contributed by atoms with Crippen LogP contribution >= 0.6 is 0 Å². The predicted molar refractivity (Wildman–Crippen MR) is 65.1 cm³/mol. The van der Waals surface area contributed by atoms with Crippen molar-refractivity contribution in [3.05, 3.63) is 35.1 Å². The number of alkyl halides is 3. The van der Waals surface area contributed by atoms with Gasteiger partial charge in [0.1, 0.15) is 5.82 Å². The molecule has 1 aliphatic heterocycles. The number of hydrogen-bond acceptors (Lipinski definition) is 1. The van der Waals surface area contributed by atoms with Crippen molar-refractivity contribution in [2.45, 2.75) is 38.4 Å². The molecule has 0 bridgehead atoms. The Kier molecular flexibility index (Phi) is 4.45. The summed E-state index contributed by atoms with van der Waals surface area (Å²) in [6.45, 7) is 2.14. The molecule has 2 rings (SSSR count). The average molecular weight is 275 g/mol. The molecule has 1 saturated heterocycles. The van der Waals surface area contributed by atoms with Gasteiger partial charge in [-0.2, -0.15) is 13.2 Å². The van der Waals surface area contributed by atoms with Crippen LogP contribution in [0.3, 0.4) is 0 Å². The highest BCUT2D eigenvalue weighted by molar-refractivity contribution is 5.26. The quantitative estimate of drug-likeness (QED) is 0.730. The molecular weight excluding hydrogens is 258 g/mol. The first-order valence-electron chi connectivity index (χ1n) is 6.54. The molecule has 0 unspecified atom stereocenters. The van der Waals surface area contributed by atoms with Crippen LogP contribution < -0.4 is 0 Å². The van der Waals surface area contributed by atoms with E-state index in [0.717, 1.165) is 44.8 Å². The van der Waals surface area contributed by atoms with Gasteiger partial charge < -0.3 is 0 Å². The van der Waals surface area contributed by atoms with Crippen molar-refractivity contribution in [1.82, 2.24) is 4.90 Å². The Morgan fingerprint density at radius 1 is 0.947 bits per heavy atom. The highest BCUT2D eigenvalue weighted by atomic mass is 19.4. The van der Waals surface area contributed by atoms with Crippen LogP contribution in [-0.4, -0.2) is 18.0 Å². The van der Waals surface area contributed by atoms with Crippen LogP contribution in [0.4, 0.5) is 17.6 Å². The molecule has 1 heterocycles. The van der Waals surface area contributed by atoms with Crippen molar-refractivity contribution in [2.75, 3.05) is 13.1 Å². The molecule has 106 valence electrons. The van der Waals surface area contributed by atoms with Crippen LogP contribution in [0.2, 0.25) is 0 Å². The third-order valence-electron chi connectivity index (χ3n) is 3.39. The number of halogens is 4. The summed E-state index contributed by atoms with van der Waals surface area (Å²) in [4.78, 5) is 2.10. The Bertz CT molecular complexity index is 420. The molecule has 0 aliphatic carbocycles. The standard InChI is InChI=1S/C14H17F4N/c15-13-8-11(7-12(9-13)14(16,17)18)10-19-5-3-1-2-4-6-19/h7-9H,1-6,10H2. The van der Waals surface area contributed by atoms with Gasteiger partial charge in [0, 0.05) is 6.54 Å². The maximum Gasteiger partial charge on any atom is 0.416 e. The zero-order valence-corrected chi connectivity index (χ0v) is 10.6. The van der Waals surface area contributed by atoms with Crippen LogP contribution in [0.1, 0.15) is 36.8 Å².